The summed E-state index contributed by atoms with van der Waals surface area (Å²) in [6.45, 7) is 6.46. The SMILES string of the molecule is CN=C(NCCCC(=O)NC1CC1)NCCCN1CCCCC1C.I. The summed E-state index contributed by atoms with van der Waals surface area (Å²) in [5.41, 5.74) is 0. The molecule has 1 amide bonds. The highest BCUT2D eigenvalue weighted by Crippen LogP contribution is 2.18. The monoisotopic (exact) mass is 465 g/mol. The number of aliphatic imine (C=N–C) groups is 1. The van der Waals surface area contributed by atoms with E-state index in [1.54, 1.807) is 7.05 Å². The first kappa shape index (κ1) is 22.5. The van der Waals surface area contributed by atoms with E-state index in [0.717, 1.165) is 57.3 Å². The fraction of sp³-hybridized carbons (Fsp3) is 0.889. The Morgan fingerprint density at radius 1 is 1.12 bits per heavy atom. The Hall–Kier alpha value is -0.570. The molecule has 25 heavy (non-hydrogen) atoms. The van der Waals surface area contributed by atoms with Crippen LogP contribution in [0.2, 0.25) is 0 Å². The molecular formula is C18H36IN5O. The number of nitrogens with zero attached hydrogens (tertiary/aromatic N) is 2. The van der Waals surface area contributed by atoms with Crippen LogP contribution >= 0.6 is 24.0 Å². The van der Waals surface area contributed by atoms with Gasteiger partial charge in [0.25, 0.3) is 0 Å². The predicted molar refractivity (Wildman–Crippen MR) is 115 cm³/mol. The fourth-order valence-electron chi connectivity index (χ4n) is 3.18. The van der Waals surface area contributed by atoms with Gasteiger partial charge in [-0.25, -0.2) is 0 Å². The zero-order valence-electron chi connectivity index (χ0n) is 15.9. The number of rotatable bonds is 9. The molecule has 6 nitrogen and oxygen atoms in total. The van der Waals surface area contributed by atoms with Gasteiger partial charge in [0.1, 0.15) is 0 Å². The molecule has 0 aromatic heterocycles. The van der Waals surface area contributed by atoms with Gasteiger partial charge in [-0.3, -0.25) is 9.79 Å². The first-order valence-electron chi connectivity index (χ1n) is 9.67. The van der Waals surface area contributed by atoms with Crippen LogP contribution in [0.5, 0.6) is 0 Å². The summed E-state index contributed by atoms with van der Waals surface area (Å²) >= 11 is 0. The minimum atomic E-state index is 0. The minimum absolute atomic E-state index is 0. The highest BCUT2D eigenvalue weighted by molar-refractivity contribution is 14.0. The van der Waals surface area contributed by atoms with Crippen molar-refractivity contribution < 1.29 is 4.79 Å². The van der Waals surface area contributed by atoms with Gasteiger partial charge in [-0.1, -0.05) is 6.42 Å². The van der Waals surface area contributed by atoms with Gasteiger partial charge in [-0.05, 0) is 52.0 Å². The van der Waals surface area contributed by atoms with Crippen molar-refractivity contribution in [2.75, 3.05) is 33.2 Å². The number of hydrogen-bond donors (Lipinski definition) is 3. The highest BCUT2D eigenvalue weighted by Gasteiger charge is 2.22. The molecule has 0 spiro atoms. The number of amides is 1. The van der Waals surface area contributed by atoms with E-state index in [9.17, 15) is 4.79 Å². The summed E-state index contributed by atoms with van der Waals surface area (Å²) in [5, 5.41) is 9.67. The highest BCUT2D eigenvalue weighted by atomic mass is 127. The van der Waals surface area contributed by atoms with Gasteiger partial charge in [0.05, 0.1) is 0 Å². The average molecular weight is 465 g/mol. The first-order chi connectivity index (χ1) is 11.7. The summed E-state index contributed by atoms with van der Waals surface area (Å²) in [6, 6.07) is 1.19. The molecule has 1 aliphatic heterocycles. The van der Waals surface area contributed by atoms with E-state index in [1.807, 2.05) is 0 Å². The summed E-state index contributed by atoms with van der Waals surface area (Å²) in [6.07, 6.45) is 8.92. The zero-order chi connectivity index (χ0) is 17.2. The van der Waals surface area contributed by atoms with E-state index in [2.05, 4.69) is 32.8 Å². The quantitative estimate of drug-likeness (QED) is 0.211. The number of likely N-dealkylation sites (tertiary alicyclic amines) is 1. The predicted octanol–water partition coefficient (Wildman–Crippen LogP) is 2.09. The van der Waals surface area contributed by atoms with Gasteiger partial charge in [0.2, 0.25) is 5.91 Å². The fourth-order valence-corrected chi connectivity index (χ4v) is 3.18. The van der Waals surface area contributed by atoms with Crippen LogP contribution in [0.15, 0.2) is 4.99 Å². The lowest BCUT2D eigenvalue weighted by Crippen LogP contribution is -2.41. The Bertz CT molecular complexity index is 414. The molecule has 1 saturated heterocycles. The number of hydrogen-bond acceptors (Lipinski definition) is 3. The average Bonchev–Trinajstić information content (AvgIpc) is 3.38. The number of carbonyl (C=O) groups excluding carboxylic acids is 1. The summed E-state index contributed by atoms with van der Waals surface area (Å²) in [7, 11) is 1.79. The number of guanidine groups is 1. The second-order valence-corrected chi connectivity index (χ2v) is 7.11. The van der Waals surface area contributed by atoms with Crippen molar-refractivity contribution in [1.82, 2.24) is 20.9 Å². The molecule has 1 unspecified atom stereocenters. The molecule has 146 valence electrons. The normalized spacial score (nSPS) is 21.4. The van der Waals surface area contributed by atoms with Crippen LogP contribution in [-0.4, -0.2) is 62.1 Å². The molecule has 1 aliphatic carbocycles. The number of carbonyl (C=O) groups is 1. The molecule has 1 atom stereocenters. The minimum Gasteiger partial charge on any atom is -0.356 e. The van der Waals surface area contributed by atoms with E-state index < -0.39 is 0 Å². The lowest BCUT2D eigenvalue weighted by molar-refractivity contribution is -0.121. The van der Waals surface area contributed by atoms with Crippen molar-refractivity contribution in [3.63, 3.8) is 0 Å². The maximum atomic E-state index is 11.6. The third-order valence-electron chi connectivity index (χ3n) is 4.89. The molecule has 2 aliphatic rings. The van der Waals surface area contributed by atoms with Crippen molar-refractivity contribution in [2.24, 2.45) is 4.99 Å². The van der Waals surface area contributed by atoms with Gasteiger partial charge in [-0.15, -0.1) is 24.0 Å². The summed E-state index contributed by atoms with van der Waals surface area (Å²) < 4.78 is 0. The standard InChI is InChI=1S/C18H35N5O.HI/c1-15-7-3-4-13-23(15)14-6-12-21-18(19-2)20-11-5-8-17(24)22-16-9-10-16;/h15-16H,3-14H2,1-2H3,(H,22,24)(H2,19,20,21);1H. The van der Waals surface area contributed by atoms with Crippen molar-refractivity contribution in [3.05, 3.63) is 0 Å². The molecule has 2 fully saturated rings. The van der Waals surface area contributed by atoms with E-state index in [1.165, 1.54) is 25.8 Å². The second kappa shape index (κ2) is 12.7. The number of piperidine rings is 1. The summed E-state index contributed by atoms with van der Waals surface area (Å²) in [4.78, 5) is 18.4. The van der Waals surface area contributed by atoms with Crippen LogP contribution in [0.25, 0.3) is 0 Å². The van der Waals surface area contributed by atoms with Crippen molar-refractivity contribution >= 4 is 35.8 Å². The van der Waals surface area contributed by atoms with E-state index in [0.29, 0.717) is 12.5 Å². The topological polar surface area (TPSA) is 68.8 Å². The Balaban J connectivity index is 0.00000312. The molecule has 2 rings (SSSR count). The molecular weight excluding hydrogens is 429 g/mol. The maximum Gasteiger partial charge on any atom is 0.220 e. The third kappa shape index (κ3) is 9.63. The molecule has 0 aromatic carbocycles. The van der Waals surface area contributed by atoms with Crippen molar-refractivity contribution in [3.8, 4) is 0 Å². The second-order valence-electron chi connectivity index (χ2n) is 7.11. The molecule has 7 heteroatoms. The van der Waals surface area contributed by atoms with Crippen LogP contribution in [-0.2, 0) is 4.79 Å². The zero-order valence-corrected chi connectivity index (χ0v) is 18.2. The van der Waals surface area contributed by atoms with E-state index >= 15 is 0 Å². The van der Waals surface area contributed by atoms with E-state index in [-0.39, 0.29) is 29.9 Å². The Kier molecular flexibility index (Phi) is 11.4. The Labute approximate surface area is 170 Å². The van der Waals surface area contributed by atoms with Crippen LogP contribution in [0.1, 0.15) is 58.3 Å². The molecule has 1 heterocycles. The van der Waals surface area contributed by atoms with Gasteiger partial charge in [-0.2, -0.15) is 0 Å². The Morgan fingerprint density at radius 2 is 1.84 bits per heavy atom. The lowest BCUT2D eigenvalue weighted by atomic mass is 10.0. The molecule has 0 aromatic rings. The number of halogens is 1. The van der Waals surface area contributed by atoms with Crippen LogP contribution in [0.4, 0.5) is 0 Å². The third-order valence-corrected chi connectivity index (χ3v) is 4.89. The van der Waals surface area contributed by atoms with E-state index in [4.69, 9.17) is 0 Å². The van der Waals surface area contributed by atoms with Crippen molar-refractivity contribution in [2.45, 2.75) is 70.4 Å². The van der Waals surface area contributed by atoms with Crippen LogP contribution in [0, 0.1) is 0 Å². The number of nitrogens with one attached hydrogen (secondary N) is 3. The Morgan fingerprint density at radius 3 is 2.48 bits per heavy atom. The van der Waals surface area contributed by atoms with Crippen LogP contribution in [0.3, 0.4) is 0 Å². The smallest absolute Gasteiger partial charge is 0.220 e. The van der Waals surface area contributed by atoms with Gasteiger partial charge >= 0.3 is 0 Å². The lowest BCUT2D eigenvalue weighted by Gasteiger charge is -2.33. The van der Waals surface area contributed by atoms with Gasteiger partial charge in [0, 0.05) is 45.2 Å². The largest absolute Gasteiger partial charge is 0.356 e. The molecule has 1 saturated carbocycles. The van der Waals surface area contributed by atoms with Gasteiger partial charge in [0.15, 0.2) is 5.96 Å². The molecule has 3 N–H and O–H groups in total. The maximum absolute atomic E-state index is 11.6. The van der Waals surface area contributed by atoms with Crippen LogP contribution < -0.4 is 16.0 Å². The molecule has 0 bridgehead atoms. The summed E-state index contributed by atoms with van der Waals surface area (Å²) in [5.74, 6) is 1.02. The van der Waals surface area contributed by atoms with Crippen molar-refractivity contribution in [1.29, 1.82) is 0 Å². The molecule has 0 radical (unpaired) electrons. The first-order valence-corrected chi connectivity index (χ1v) is 9.67. The van der Waals surface area contributed by atoms with Gasteiger partial charge < -0.3 is 20.9 Å².